The van der Waals surface area contributed by atoms with Crippen LogP contribution in [0.15, 0.2) is 77.6 Å². The van der Waals surface area contributed by atoms with Gasteiger partial charge in [-0.2, -0.15) is 5.26 Å². The molecule has 2 aromatic carbocycles. The van der Waals surface area contributed by atoms with Crippen LogP contribution < -0.4 is 15.5 Å². The molecule has 17 heteroatoms. The quantitative estimate of drug-likeness (QED) is 0.101. The minimum Gasteiger partial charge on any atom is -0.454 e. The third kappa shape index (κ3) is 8.00. The number of nitriles is 1. The summed E-state index contributed by atoms with van der Waals surface area (Å²) in [7, 11) is -3.71. The fourth-order valence-corrected chi connectivity index (χ4v) is 10.2. The van der Waals surface area contributed by atoms with Crippen molar-refractivity contribution in [1.29, 1.82) is 10.7 Å². The van der Waals surface area contributed by atoms with Gasteiger partial charge in [0.25, 0.3) is 0 Å². The number of furan rings is 1. The summed E-state index contributed by atoms with van der Waals surface area (Å²) in [4.78, 5) is 26.5. The number of aliphatic hydroxyl groups is 1. The van der Waals surface area contributed by atoms with Gasteiger partial charge in [-0.1, -0.05) is 47.5 Å². The Balaban J connectivity index is 0.930. The van der Waals surface area contributed by atoms with E-state index in [1.165, 1.54) is 0 Å². The first kappa shape index (κ1) is 41.0. The van der Waals surface area contributed by atoms with Gasteiger partial charge in [0.05, 0.1) is 37.9 Å². The Morgan fingerprint density at radius 2 is 1.77 bits per heavy atom. The Hall–Kier alpha value is -5.34. The molecule has 0 unspecified atom stereocenters. The molecule has 2 atom stereocenters. The first-order valence-corrected chi connectivity index (χ1v) is 22.4. The molecule has 0 spiro atoms. The van der Waals surface area contributed by atoms with Crippen LogP contribution >= 0.6 is 23.2 Å². The smallest absolute Gasteiger partial charge is 0.240 e. The molecule has 3 aliphatic rings. The van der Waals surface area contributed by atoms with Crippen molar-refractivity contribution in [2.45, 2.75) is 56.5 Å². The number of nitrogens with one attached hydrogen (secondary N) is 3. The number of halogens is 2. The van der Waals surface area contributed by atoms with Gasteiger partial charge in [0.15, 0.2) is 11.4 Å². The number of aliphatic hydroxyl groups excluding tert-OH is 1. The number of aromatic nitrogens is 3. The molecule has 4 aromatic heterocycles. The zero-order chi connectivity index (χ0) is 42.6. The molecular formula is C44H43Cl2N9O5S. The van der Waals surface area contributed by atoms with Gasteiger partial charge in [-0.05, 0) is 75.0 Å². The van der Waals surface area contributed by atoms with Crippen molar-refractivity contribution in [1.82, 2.24) is 29.1 Å². The molecule has 1 saturated carbocycles. The third-order valence-electron chi connectivity index (χ3n) is 12.2. The first-order valence-electron chi connectivity index (χ1n) is 20.2. The molecular weight excluding hydrogens is 838 g/mol. The predicted octanol–water partition coefficient (Wildman–Crippen LogP) is 6.80. The fraction of sp³-hybridized carbons (Fsp3) is 0.341. The van der Waals surface area contributed by atoms with Gasteiger partial charge in [0.2, 0.25) is 15.9 Å². The van der Waals surface area contributed by atoms with Gasteiger partial charge in [-0.25, -0.2) is 13.4 Å². The van der Waals surface area contributed by atoms with Gasteiger partial charge in [0.1, 0.15) is 28.4 Å². The fourth-order valence-electron chi connectivity index (χ4n) is 8.26. The number of likely N-dealkylation sites (tertiary alicyclic amines) is 2. The molecule has 2 aliphatic heterocycles. The Bertz CT molecular complexity index is 2940. The predicted molar refractivity (Wildman–Crippen MR) is 234 cm³/mol. The number of rotatable bonds is 12. The molecule has 3 fully saturated rings. The van der Waals surface area contributed by atoms with Crippen molar-refractivity contribution >= 4 is 72.5 Å². The Morgan fingerprint density at radius 1 is 1.02 bits per heavy atom. The Morgan fingerprint density at radius 3 is 2.52 bits per heavy atom. The number of hydrogen-bond acceptors (Lipinski definition) is 12. The molecule has 0 radical (unpaired) electrons. The van der Waals surface area contributed by atoms with E-state index in [1.807, 2.05) is 48.7 Å². The molecule has 14 nitrogen and oxygen atoms in total. The largest absolute Gasteiger partial charge is 0.454 e. The van der Waals surface area contributed by atoms with E-state index in [1.54, 1.807) is 30.0 Å². The lowest BCUT2D eigenvalue weighted by molar-refractivity contribution is -0.122. The van der Waals surface area contributed by atoms with E-state index in [0.29, 0.717) is 113 Å². The average molecular weight is 881 g/mol. The molecule has 9 rings (SSSR count). The molecule has 6 aromatic rings. The van der Waals surface area contributed by atoms with Gasteiger partial charge < -0.3 is 24.3 Å². The lowest BCUT2D eigenvalue weighted by Gasteiger charge is -2.18. The zero-order valence-corrected chi connectivity index (χ0v) is 35.6. The lowest BCUT2D eigenvalue weighted by Crippen LogP contribution is -2.42. The molecule has 2 saturated heterocycles. The molecule has 61 heavy (non-hydrogen) atoms. The highest BCUT2D eigenvalue weighted by Crippen LogP contribution is 2.44. The molecule has 314 valence electrons. The third-order valence-corrected chi connectivity index (χ3v) is 15.2. The topological polar surface area (TPSA) is 193 Å². The van der Waals surface area contributed by atoms with Gasteiger partial charge in [-0.15, -0.1) is 0 Å². The van der Waals surface area contributed by atoms with Crippen LogP contribution in [-0.4, -0.2) is 87.3 Å². The SMILES string of the molecule is CC1(S(=O)(=O)NC(=O)[C@@H]2CCN(CCn3cc(C#N)c4oc(-c5cccc(-c6cccc(Nc7nccc8cc(CN9CC[C@@H](O)C9)cnc78)c6Cl)c5Cl)cc4c3=N)C2)CC1. The van der Waals surface area contributed by atoms with Crippen molar-refractivity contribution in [3.63, 3.8) is 0 Å². The number of pyridine rings is 3. The van der Waals surface area contributed by atoms with Gasteiger partial charge >= 0.3 is 0 Å². The van der Waals surface area contributed by atoms with Crippen molar-refractivity contribution in [2.75, 3.05) is 38.0 Å². The first-order chi connectivity index (χ1) is 29.3. The molecule has 6 heterocycles. The van der Waals surface area contributed by atoms with Crippen LogP contribution in [0, 0.1) is 22.7 Å². The van der Waals surface area contributed by atoms with Gasteiger partial charge in [0, 0.05) is 79.9 Å². The Kier molecular flexibility index (Phi) is 10.9. The zero-order valence-electron chi connectivity index (χ0n) is 33.3. The highest BCUT2D eigenvalue weighted by molar-refractivity contribution is 7.91. The maximum atomic E-state index is 12.8. The van der Waals surface area contributed by atoms with E-state index in [9.17, 15) is 23.6 Å². The highest BCUT2D eigenvalue weighted by atomic mass is 35.5. The maximum Gasteiger partial charge on any atom is 0.240 e. The van der Waals surface area contributed by atoms with E-state index < -0.39 is 26.6 Å². The van der Waals surface area contributed by atoms with Crippen LogP contribution in [0.5, 0.6) is 0 Å². The summed E-state index contributed by atoms with van der Waals surface area (Å²) in [6.45, 7) is 5.73. The molecule has 1 aliphatic carbocycles. The summed E-state index contributed by atoms with van der Waals surface area (Å²) in [6, 6.07) is 19.0. The summed E-state index contributed by atoms with van der Waals surface area (Å²) in [6.07, 6.45) is 7.27. The van der Waals surface area contributed by atoms with Crippen LogP contribution in [0.4, 0.5) is 11.5 Å². The number of anilines is 2. The number of fused-ring (bicyclic) bond motifs is 2. The molecule has 4 N–H and O–H groups in total. The van der Waals surface area contributed by atoms with Crippen molar-refractivity contribution in [3.8, 4) is 28.5 Å². The standard InChI is InChI=1S/C44H43Cl2N9O5S/c1-44(11-12-44)61(58,59)52-43(57)28-9-14-53(23-28)16-17-55-24-29(20-47)40-34(41(55)48)19-36(60-40)33-6-2-4-31(37(33)45)32-5-3-7-35(38(32)46)51-42-39-27(8-13-49-42)18-26(21-50-39)22-54-15-10-30(56)25-54/h2-8,13,18-19,21,24,28,30,48,56H,9-12,14-17,22-23,25H2,1H3,(H,49,51)(H,52,57)/t28-,30-/m1/s1. The number of hydrogen-bond donors (Lipinski definition) is 4. The number of amides is 1. The maximum absolute atomic E-state index is 12.8. The average Bonchev–Trinajstić information content (AvgIpc) is 3.55. The van der Waals surface area contributed by atoms with E-state index in [-0.39, 0.29) is 22.7 Å². The number of nitrogens with zero attached hydrogens (tertiary/aromatic N) is 6. The number of benzene rings is 2. The summed E-state index contributed by atoms with van der Waals surface area (Å²) in [5.74, 6) is 0.00113. The minimum absolute atomic E-state index is 0.148. The van der Waals surface area contributed by atoms with Crippen molar-refractivity contribution in [3.05, 3.63) is 99.8 Å². The summed E-state index contributed by atoms with van der Waals surface area (Å²) in [5.41, 5.74) is 4.88. The minimum atomic E-state index is -3.71. The second-order valence-corrected chi connectivity index (χ2v) is 19.4. The lowest BCUT2D eigenvalue weighted by atomic mass is 10.0. The molecule has 0 bridgehead atoms. The summed E-state index contributed by atoms with van der Waals surface area (Å²) >= 11 is 14.3. The van der Waals surface area contributed by atoms with Crippen molar-refractivity contribution < 1.29 is 22.7 Å². The summed E-state index contributed by atoms with van der Waals surface area (Å²) in [5, 5.41) is 34.7. The van der Waals surface area contributed by atoms with E-state index in [4.69, 9.17) is 38.0 Å². The number of carbonyl (C=O) groups is 1. The second-order valence-electron chi connectivity index (χ2n) is 16.5. The van der Waals surface area contributed by atoms with Gasteiger partial charge in [-0.3, -0.25) is 24.8 Å². The number of carbonyl (C=O) groups excluding carboxylic acids is 1. The number of β-amino-alcohol motifs (C(OH)–C–C–N with tert-alkyl or cyclic N) is 1. The van der Waals surface area contributed by atoms with E-state index >= 15 is 0 Å². The van der Waals surface area contributed by atoms with Crippen LogP contribution in [0.2, 0.25) is 10.0 Å². The second kappa shape index (κ2) is 16.2. The monoisotopic (exact) mass is 879 g/mol. The van der Waals surface area contributed by atoms with E-state index in [2.05, 4.69) is 37.0 Å². The molecule has 1 amide bonds. The van der Waals surface area contributed by atoms with Crippen molar-refractivity contribution in [2.24, 2.45) is 5.92 Å². The number of sulfonamides is 1. The van der Waals surface area contributed by atoms with Crippen LogP contribution in [0.3, 0.4) is 0 Å². The van der Waals surface area contributed by atoms with Crippen LogP contribution in [-0.2, 0) is 27.9 Å². The van der Waals surface area contributed by atoms with Crippen LogP contribution in [0.25, 0.3) is 44.3 Å². The summed E-state index contributed by atoms with van der Waals surface area (Å²) < 4.78 is 34.6. The van der Waals surface area contributed by atoms with Crippen LogP contribution in [0.1, 0.15) is 43.7 Å². The highest BCUT2D eigenvalue weighted by Gasteiger charge is 2.51. The Labute approximate surface area is 362 Å². The normalized spacial score (nSPS) is 19.1. The van der Waals surface area contributed by atoms with E-state index in [0.717, 1.165) is 23.9 Å².